The Morgan fingerprint density at radius 3 is 2.56 bits per heavy atom. The van der Waals surface area contributed by atoms with Crippen molar-refractivity contribution in [1.29, 1.82) is 0 Å². The third kappa shape index (κ3) is 5.61. The average Bonchev–Trinajstić information content (AvgIpc) is 2.80. The number of ether oxygens (including phenoxy) is 2. The summed E-state index contributed by atoms with van der Waals surface area (Å²) in [6.45, 7) is 2.86. The number of para-hydroxylation sites is 1. The summed E-state index contributed by atoms with van der Waals surface area (Å²) in [6, 6.07) is 17.2. The van der Waals surface area contributed by atoms with Gasteiger partial charge < -0.3 is 14.4 Å². The molecule has 2 heterocycles. The highest BCUT2D eigenvalue weighted by Gasteiger charge is 2.22. The third-order valence-electron chi connectivity index (χ3n) is 4.98. The highest BCUT2D eigenvalue weighted by molar-refractivity contribution is 5.69. The topological polar surface area (TPSA) is 64.5 Å². The van der Waals surface area contributed by atoms with Gasteiger partial charge in [-0.2, -0.15) is 0 Å². The zero-order valence-corrected chi connectivity index (χ0v) is 17.6. The van der Waals surface area contributed by atoms with Gasteiger partial charge in [-0.3, -0.25) is 4.79 Å². The number of benzene rings is 2. The summed E-state index contributed by atoms with van der Waals surface area (Å²) in [6.07, 6.45) is 1.52. The molecule has 0 atom stereocenters. The van der Waals surface area contributed by atoms with Crippen LogP contribution < -0.4 is 14.4 Å². The molecule has 2 aromatic carbocycles. The Balaban J connectivity index is 1.34. The van der Waals surface area contributed by atoms with Crippen molar-refractivity contribution in [2.75, 3.05) is 18.0 Å². The number of anilines is 1. The lowest BCUT2D eigenvalue weighted by Crippen LogP contribution is -2.38. The molecular weight excluding hydrogens is 409 g/mol. The monoisotopic (exact) mass is 431 g/mol. The lowest BCUT2D eigenvalue weighted by molar-refractivity contribution is -0.131. The average molecular weight is 431 g/mol. The van der Waals surface area contributed by atoms with Gasteiger partial charge in [-0.15, -0.1) is 10.2 Å². The standard InChI is InChI=1S/C25H22FN3O3/c1-18(30)31-22-6-4-5-19(17-22)9-10-20-11-12-25(28-27-20)29-15-13-21(14-16-29)32-24-8-3-2-7-23(24)26/h2-8,11-12,17,21H,13-16H2,1H3. The van der Waals surface area contributed by atoms with Crippen molar-refractivity contribution in [1.82, 2.24) is 10.2 Å². The molecule has 1 aromatic heterocycles. The molecule has 0 aliphatic carbocycles. The van der Waals surface area contributed by atoms with Crippen LogP contribution in [0.2, 0.25) is 0 Å². The highest BCUT2D eigenvalue weighted by Crippen LogP contribution is 2.23. The van der Waals surface area contributed by atoms with Crippen LogP contribution in [-0.4, -0.2) is 35.4 Å². The molecule has 1 aliphatic heterocycles. The fraction of sp³-hybridized carbons (Fsp3) is 0.240. The second kappa shape index (κ2) is 9.92. The molecule has 0 radical (unpaired) electrons. The number of rotatable bonds is 4. The maximum Gasteiger partial charge on any atom is 0.308 e. The van der Waals surface area contributed by atoms with Crippen molar-refractivity contribution < 1.29 is 18.7 Å². The van der Waals surface area contributed by atoms with E-state index in [2.05, 4.69) is 26.9 Å². The first-order valence-electron chi connectivity index (χ1n) is 10.4. The van der Waals surface area contributed by atoms with Crippen LogP contribution in [0.4, 0.5) is 10.2 Å². The molecule has 3 aromatic rings. The smallest absolute Gasteiger partial charge is 0.308 e. The van der Waals surface area contributed by atoms with Crippen molar-refractivity contribution in [2.24, 2.45) is 0 Å². The zero-order valence-electron chi connectivity index (χ0n) is 17.6. The summed E-state index contributed by atoms with van der Waals surface area (Å²) in [5.41, 5.74) is 1.26. The predicted octanol–water partition coefficient (Wildman–Crippen LogP) is 3.99. The first-order valence-corrected chi connectivity index (χ1v) is 10.4. The van der Waals surface area contributed by atoms with Gasteiger partial charge in [0.25, 0.3) is 0 Å². The molecule has 0 saturated carbocycles. The molecule has 162 valence electrons. The first-order chi connectivity index (χ1) is 15.6. The number of hydrogen-bond acceptors (Lipinski definition) is 6. The Hall–Kier alpha value is -3.92. The quantitative estimate of drug-likeness (QED) is 0.354. The van der Waals surface area contributed by atoms with Gasteiger partial charge in [0, 0.05) is 38.4 Å². The van der Waals surface area contributed by atoms with Crippen LogP contribution in [-0.2, 0) is 4.79 Å². The van der Waals surface area contributed by atoms with Gasteiger partial charge in [-0.25, -0.2) is 4.39 Å². The van der Waals surface area contributed by atoms with Crippen LogP contribution in [0.3, 0.4) is 0 Å². The minimum atomic E-state index is -0.376. The number of nitrogens with zero attached hydrogens (tertiary/aromatic N) is 3. The second-order valence-electron chi connectivity index (χ2n) is 7.38. The molecule has 32 heavy (non-hydrogen) atoms. The van der Waals surface area contributed by atoms with E-state index in [0.29, 0.717) is 22.8 Å². The summed E-state index contributed by atoms with van der Waals surface area (Å²) in [5, 5.41) is 8.50. The van der Waals surface area contributed by atoms with E-state index in [4.69, 9.17) is 9.47 Å². The molecule has 4 rings (SSSR count). The molecule has 6 nitrogen and oxygen atoms in total. The summed E-state index contributed by atoms with van der Waals surface area (Å²) in [4.78, 5) is 13.2. The largest absolute Gasteiger partial charge is 0.487 e. The summed E-state index contributed by atoms with van der Waals surface area (Å²) >= 11 is 0. The van der Waals surface area contributed by atoms with Gasteiger partial charge in [-0.05, 0) is 48.4 Å². The van der Waals surface area contributed by atoms with E-state index < -0.39 is 0 Å². The number of hydrogen-bond donors (Lipinski definition) is 0. The molecule has 7 heteroatoms. The van der Waals surface area contributed by atoms with Gasteiger partial charge in [0.05, 0.1) is 0 Å². The maximum absolute atomic E-state index is 13.8. The minimum Gasteiger partial charge on any atom is -0.487 e. The van der Waals surface area contributed by atoms with E-state index in [1.54, 1.807) is 36.4 Å². The number of piperidine rings is 1. The van der Waals surface area contributed by atoms with Gasteiger partial charge in [0.15, 0.2) is 17.4 Å². The van der Waals surface area contributed by atoms with Crippen molar-refractivity contribution in [3.05, 3.63) is 77.7 Å². The Bertz CT molecular complexity index is 1150. The van der Waals surface area contributed by atoms with Crippen molar-refractivity contribution >= 4 is 11.8 Å². The molecule has 1 saturated heterocycles. The molecule has 1 aliphatic rings. The predicted molar refractivity (Wildman–Crippen MR) is 118 cm³/mol. The third-order valence-corrected chi connectivity index (χ3v) is 4.98. The summed E-state index contributed by atoms with van der Waals surface area (Å²) in [5.74, 6) is 6.79. The Morgan fingerprint density at radius 1 is 1.03 bits per heavy atom. The molecule has 1 fully saturated rings. The Kier molecular flexibility index (Phi) is 6.61. The zero-order chi connectivity index (χ0) is 22.3. The van der Waals surface area contributed by atoms with Crippen LogP contribution >= 0.6 is 0 Å². The fourth-order valence-electron chi connectivity index (χ4n) is 3.42. The lowest BCUT2D eigenvalue weighted by Gasteiger charge is -2.32. The molecular formula is C25H22FN3O3. The lowest BCUT2D eigenvalue weighted by atomic mass is 10.1. The van der Waals surface area contributed by atoms with E-state index in [0.717, 1.165) is 31.7 Å². The summed E-state index contributed by atoms with van der Waals surface area (Å²) in [7, 11) is 0. The van der Waals surface area contributed by atoms with Crippen LogP contribution in [0.5, 0.6) is 11.5 Å². The Labute approximate surface area is 186 Å². The van der Waals surface area contributed by atoms with E-state index in [1.807, 2.05) is 18.2 Å². The second-order valence-corrected chi connectivity index (χ2v) is 7.38. The van der Waals surface area contributed by atoms with Gasteiger partial charge in [0.1, 0.15) is 17.5 Å². The maximum atomic E-state index is 13.8. The highest BCUT2D eigenvalue weighted by atomic mass is 19.1. The van der Waals surface area contributed by atoms with E-state index >= 15 is 0 Å². The number of esters is 1. The number of carbonyl (C=O) groups is 1. The first kappa shape index (κ1) is 21.3. The molecule has 0 bridgehead atoms. The molecule has 0 amide bonds. The fourth-order valence-corrected chi connectivity index (χ4v) is 3.42. The molecule has 0 unspecified atom stereocenters. The van der Waals surface area contributed by atoms with E-state index in [9.17, 15) is 9.18 Å². The summed E-state index contributed by atoms with van der Waals surface area (Å²) < 4.78 is 24.7. The van der Waals surface area contributed by atoms with Gasteiger partial charge >= 0.3 is 5.97 Å². The SMILES string of the molecule is CC(=O)Oc1cccc(C#Cc2ccc(N3CCC(Oc4ccccc4F)CC3)nn2)c1. The van der Waals surface area contributed by atoms with E-state index in [-0.39, 0.29) is 17.9 Å². The van der Waals surface area contributed by atoms with Gasteiger partial charge in [0.2, 0.25) is 0 Å². The number of halogens is 1. The van der Waals surface area contributed by atoms with Crippen LogP contribution in [0.15, 0.2) is 60.7 Å². The van der Waals surface area contributed by atoms with Crippen LogP contribution in [0.1, 0.15) is 31.0 Å². The minimum absolute atomic E-state index is 0.0241. The molecule has 0 N–H and O–H groups in total. The number of aromatic nitrogens is 2. The van der Waals surface area contributed by atoms with Crippen LogP contribution in [0, 0.1) is 17.7 Å². The number of carbonyl (C=O) groups excluding carboxylic acids is 1. The van der Waals surface area contributed by atoms with E-state index in [1.165, 1.54) is 13.0 Å². The van der Waals surface area contributed by atoms with Crippen molar-refractivity contribution in [2.45, 2.75) is 25.9 Å². The van der Waals surface area contributed by atoms with Crippen molar-refractivity contribution in [3.63, 3.8) is 0 Å². The normalized spacial score (nSPS) is 13.8. The van der Waals surface area contributed by atoms with Crippen LogP contribution in [0.25, 0.3) is 0 Å². The molecule has 0 spiro atoms. The van der Waals surface area contributed by atoms with Gasteiger partial charge in [-0.1, -0.05) is 24.1 Å². The Morgan fingerprint density at radius 2 is 1.84 bits per heavy atom. The van der Waals surface area contributed by atoms with Crippen molar-refractivity contribution in [3.8, 4) is 23.3 Å².